The van der Waals surface area contributed by atoms with Gasteiger partial charge in [0.25, 0.3) is 0 Å². The van der Waals surface area contributed by atoms with Crippen molar-refractivity contribution in [3.05, 3.63) is 22.8 Å². The first-order valence-corrected chi connectivity index (χ1v) is 7.71. The van der Waals surface area contributed by atoms with Crippen LogP contribution in [0.4, 0.5) is 0 Å². The lowest BCUT2D eigenvalue weighted by molar-refractivity contribution is 0.360. The van der Waals surface area contributed by atoms with Crippen LogP contribution in [0.25, 0.3) is 0 Å². The van der Waals surface area contributed by atoms with Gasteiger partial charge in [-0.3, -0.25) is 0 Å². The summed E-state index contributed by atoms with van der Waals surface area (Å²) in [6, 6.07) is 2.43. The molecule has 1 aromatic carbocycles. The standard InChI is InChI=1S/C17H27NO2/c1-5-6-7-14-15-13(8-11(2)10-18-14)9-12(3)17(20-4)16(15)19/h9,11,14,18-19H,5-8,10H2,1-4H3. The number of aryl methyl sites for hydroxylation is 1. The molecule has 0 radical (unpaired) electrons. The van der Waals surface area contributed by atoms with Crippen LogP contribution in [0, 0.1) is 12.8 Å². The number of hydrogen-bond acceptors (Lipinski definition) is 3. The van der Waals surface area contributed by atoms with Gasteiger partial charge >= 0.3 is 0 Å². The molecule has 3 nitrogen and oxygen atoms in total. The average molecular weight is 277 g/mol. The van der Waals surface area contributed by atoms with Gasteiger partial charge in [-0.15, -0.1) is 0 Å². The van der Waals surface area contributed by atoms with Crippen LogP contribution < -0.4 is 10.1 Å². The Kier molecular flexibility index (Phi) is 4.92. The van der Waals surface area contributed by atoms with E-state index in [-0.39, 0.29) is 6.04 Å². The summed E-state index contributed by atoms with van der Waals surface area (Å²) >= 11 is 0. The average Bonchev–Trinajstić information content (AvgIpc) is 2.55. The minimum atomic E-state index is 0.240. The van der Waals surface area contributed by atoms with Crippen molar-refractivity contribution >= 4 is 0 Å². The first-order chi connectivity index (χ1) is 9.58. The third-order valence-corrected chi connectivity index (χ3v) is 4.25. The maximum Gasteiger partial charge on any atom is 0.163 e. The van der Waals surface area contributed by atoms with Gasteiger partial charge in [-0.1, -0.05) is 32.8 Å². The molecule has 112 valence electrons. The van der Waals surface area contributed by atoms with E-state index in [4.69, 9.17) is 4.74 Å². The third kappa shape index (κ3) is 2.93. The topological polar surface area (TPSA) is 41.5 Å². The molecule has 0 aromatic heterocycles. The minimum absolute atomic E-state index is 0.240. The Hall–Kier alpha value is -1.22. The predicted octanol–water partition coefficient (Wildman–Crippen LogP) is 3.72. The van der Waals surface area contributed by atoms with Gasteiger partial charge in [0.15, 0.2) is 11.5 Å². The molecule has 0 fully saturated rings. The summed E-state index contributed by atoms with van der Waals surface area (Å²) in [6.07, 6.45) is 4.42. The van der Waals surface area contributed by atoms with Gasteiger partial charge < -0.3 is 15.2 Å². The maximum atomic E-state index is 10.6. The highest BCUT2D eigenvalue weighted by atomic mass is 16.5. The molecular weight excluding hydrogens is 250 g/mol. The molecule has 2 unspecified atom stereocenters. The van der Waals surface area contributed by atoms with Gasteiger partial charge in [0, 0.05) is 11.6 Å². The lowest BCUT2D eigenvalue weighted by Crippen LogP contribution is -2.24. The fourth-order valence-electron chi connectivity index (χ4n) is 3.23. The van der Waals surface area contributed by atoms with Crippen molar-refractivity contribution in [2.45, 2.75) is 52.5 Å². The Labute approximate surface area is 122 Å². The van der Waals surface area contributed by atoms with Crippen molar-refractivity contribution in [1.82, 2.24) is 5.32 Å². The number of hydrogen-bond donors (Lipinski definition) is 2. The number of benzene rings is 1. The monoisotopic (exact) mass is 277 g/mol. The molecule has 3 heteroatoms. The molecular formula is C17H27NO2. The normalized spacial score (nSPS) is 22.2. The first-order valence-electron chi connectivity index (χ1n) is 7.71. The lowest BCUT2D eigenvalue weighted by Gasteiger charge is -2.22. The molecule has 20 heavy (non-hydrogen) atoms. The van der Waals surface area contributed by atoms with Gasteiger partial charge in [-0.2, -0.15) is 0 Å². The zero-order valence-corrected chi connectivity index (χ0v) is 13.1. The quantitative estimate of drug-likeness (QED) is 0.881. The Balaban J connectivity index is 2.48. The van der Waals surface area contributed by atoms with Crippen LogP contribution in [0.3, 0.4) is 0 Å². The van der Waals surface area contributed by atoms with E-state index < -0.39 is 0 Å². The van der Waals surface area contributed by atoms with Crippen molar-refractivity contribution in [2.24, 2.45) is 5.92 Å². The summed E-state index contributed by atoms with van der Waals surface area (Å²) in [4.78, 5) is 0. The number of rotatable bonds is 4. The SMILES string of the molecule is CCCCC1NCC(C)Cc2cc(C)c(OC)c(O)c21. The number of aromatic hydroxyl groups is 1. The van der Waals surface area contributed by atoms with Crippen molar-refractivity contribution in [3.63, 3.8) is 0 Å². The van der Waals surface area contributed by atoms with Crippen LogP contribution in [0.1, 0.15) is 55.8 Å². The number of ether oxygens (including phenoxy) is 1. The minimum Gasteiger partial charge on any atom is -0.504 e. The van der Waals surface area contributed by atoms with Gasteiger partial charge in [0.2, 0.25) is 0 Å². The molecule has 2 atom stereocenters. The fraction of sp³-hybridized carbons (Fsp3) is 0.647. The van der Waals surface area contributed by atoms with Gasteiger partial charge in [0.1, 0.15) is 0 Å². The molecule has 0 saturated carbocycles. The van der Waals surface area contributed by atoms with Crippen LogP contribution >= 0.6 is 0 Å². The number of unbranched alkanes of at least 4 members (excludes halogenated alkanes) is 1. The summed E-state index contributed by atoms with van der Waals surface area (Å²) in [5, 5.41) is 14.2. The predicted molar refractivity (Wildman–Crippen MR) is 82.5 cm³/mol. The van der Waals surface area contributed by atoms with Crippen LogP contribution in [0.2, 0.25) is 0 Å². The molecule has 0 aliphatic carbocycles. The largest absolute Gasteiger partial charge is 0.504 e. The van der Waals surface area contributed by atoms with Gasteiger partial charge in [0.05, 0.1) is 7.11 Å². The van der Waals surface area contributed by atoms with E-state index in [1.54, 1.807) is 7.11 Å². The second-order valence-electron chi connectivity index (χ2n) is 6.06. The Morgan fingerprint density at radius 3 is 2.85 bits per heavy atom. The number of phenolic OH excluding ortho intramolecular Hbond substituents is 1. The highest BCUT2D eigenvalue weighted by Crippen LogP contribution is 2.42. The Bertz CT molecular complexity index is 471. The fourth-order valence-corrected chi connectivity index (χ4v) is 3.23. The molecule has 1 aromatic rings. The van der Waals surface area contributed by atoms with Crippen LogP contribution in [-0.2, 0) is 6.42 Å². The zero-order valence-electron chi connectivity index (χ0n) is 13.1. The number of nitrogens with one attached hydrogen (secondary N) is 1. The van der Waals surface area contributed by atoms with Gasteiger partial charge in [-0.25, -0.2) is 0 Å². The molecule has 0 spiro atoms. The van der Waals surface area contributed by atoms with Crippen molar-refractivity contribution in [1.29, 1.82) is 0 Å². The molecule has 0 bridgehead atoms. The molecule has 0 saturated heterocycles. The van der Waals surface area contributed by atoms with Crippen LogP contribution in [0.5, 0.6) is 11.5 Å². The molecule has 2 rings (SSSR count). The third-order valence-electron chi connectivity index (χ3n) is 4.25. The van der Waals surface area contributed by atoms with Crippen molar-refractivity contribution < 1.29 is 9.84 Å². The van der Waals surface area contributed by atoms with E-state index in [1.165, 1.54) is 18.4 Å². The van der Waals surface area contributed by atoms with E-state index in [0.717, 1.165) is 30.5 Å². The van der Waals surface area contributed by atoms with E-state index in [9.17, 15) is 5.11 Å². The summed E-state index contributed by atoms with van der Waals surface area (Å²) < 4.78 is 5.38. The Morgan fingerprint density at radius 1 is 1.45 bits per heavy atom. The molecule has 1 aliphatic heterocycles. The molecule has 0 amide bonds. The number of phenols is 1. The van der Waals surface area contributed by atoms with E-state index in [2.05, 4.69) is 25.2 Å². The lowest BCUT2D eigenvalue weighted by atomic mass is 9.91. The Morgan fingerprint density at radius 2 is 2.20 bits per heavy atom. The van der Waals surface area contributed by atoms with E-state index >= 15 is 0 Å². The van der Waals surface area contributed by atoms with Crippen molar-refractivity contribution in [2.75, 3.05) is 13.7 Å². The second-order valence-corrected chi connectivity index (χ2v) is 6.06. The van der Waals surface area contributed by atoms with Gasteiger partial charge in [-0.05, 0) is 43.4 Å². The highest BCUT2D eigenvalue weighted by molar-refractivity contribution is 5.56. The second kappa shape index (κ2) is 6.49. The summed E-state index contributed by atoms with van der Waals surface area (Å²) in [5.74, 6) is 1.55. The van der Waals surface area contributed by atoms with Crippen LogP contribution in [0.15, 0.2) is 6.07 Å². The highest BCUT2D eigenvalue weighted by Gasteiger charge is 2.27. The molecule has 2 N–H and O–H groups in total. The van der Waals surface area contributed by atoms with E-state index in [1.807, 2.05) is 6.92 Å². The first kappa shape index (κ1) is 15.2. The summed E-state index contributed by atoms with van der Waals surface area (Å²) in [6.45, 7) is 7.47. The molecule has 1 heterocycles. The number of fused-ring (bicyclic) bond motifs is 1. The summed E-state index contributed by atoms with van der Waals surface area (Å²) in [5.41, 5.74) is 3.36. The zero-order chi connectivity index (χ0) is 14.7. The van der Waals surface area contributed by atoms with Crippen LogP contribution in [-0.4, -0.2) is 18.8 Å². The maximum absolute atomic E-state index is 10.6. The smallest absolute Gasteiger partial charge is 0.163 e. The molecule has 1 aliphatic rings. The van der Waals surface area contributed by atoms with Crippen molar-refractivity contribution in [3.8, 4) is 11.5 Å². The van der Waals surface area contributed by atoms with E-state index in [0.29, 0.717) is 17.4 Å². The number of methoxy groups -OCH3 is 1. The summed E-state index contributed by atoms with van der Waals surface area (Å²) in [7, 11) is 1.63.